The second kappa shape index (κ2) is 9.92. The average Bonchev–Trinajstić information content (AvgIpc) is 3.28. The van der Waals surface area contributed by atoms with E-state index >= 15 is 0 Å². The Hall–Kier alpha value is -2.40. The first-order chi connectivity index (χ1) is 12.3. The quantitative estimate of drug-likeness (QED) is 0.279. The second-order valence-electron chi connectivity index (χ2n) is 5.32. The number of hydrogen-bond acceptors (Lipinski definition) is 5. The summed E-state index contributed by atoms with van der Waals surface area (Å²) in [5, 5.41) is 10.1. The molecule has 3 aromatic rings. The van der Waals surface area contributed by atoms with Gasteiger partial charge in [-0.1, -0.05) is 18.2 Å². The predicted molar refractivity (Wildman–Crippen MR) is 110 cm³/mol. The van der Waals surface area contributed by atoms with Gasteiger partial charge in [-0.2, -0.15) is 5.10 Å². The molecular formula is C17H21IN6O2. The van der Waals surface area contributed by atoms with Gasteiger partial charge in [0.2, 0.25) is 5.82 Å². The molecule has 26 heavy (non-hydrogen) atoms. The third kappa shape index (κ3) is 5.30. The van der Waals surface area contributed by atoms with Crippen LogP contribution in [-0.4, -0.2) is 34.8 Å². The van der Waals surface area contributed by atoms with Crippen LogP contribution in [0.4, 0.5) is 5.69 Å². The molecule has 2 aromatic heterocycles. The van der Waals surface area contributed by atoms with Crippen molar-refractivity contribution in [1.82, 2.24) is 15.2 Å². The predicted octanol–water partition coefficient (Wildman–Crippen LogP) is 2.80. The molecule has 2 heterocycles. The Labute approximate surface area is 168 Å². The molecule has 0 saturated heterocycles. The molecule has 4 N–H and O–H groups in total. The molecule has 3 rings (SSSR count). The van der Waals surface area contributed by atoms with Crippen LogP contribution in [0.25, 0.3) is 11.6 Å². The van der Waals surface area contributed by atoms with Crippen molar-refractivity contribution < 1.29 is 9.15 Å². The molecule has 8 nitrogen and oxygen atoms in total. The van der Waals surface area contributed by atoms with E-state index in [0.29, 0.717) is 37.1 Å². The molecule has 0 aliphatic heterocycles. The largest absolute Gasteiger partial charge is 0.461 e. The first-order valence-electron chi connectivity index (χ1n) is 7.85. The van der Waals surface area contributed by atoms with E-state index in [2.05, 4.69) is 25.5 Å². The summed E-state index contributed by atoms with van der Waals surface area (Å²) in [5.74, 6) is 2.22. The van der Waals surface area contributed by atoms with E-state index in [1.807, 2.05) is 30.3 Å². The van der Waals surface area contributed by atoms with Crippen LogP contribution in [0, 0.1) is 0 Å². The zero-order valence-electron chi connectivity index (χ0n) is 14.3. The van der Waals surface area contributed by atoms with Crippen LogP contribution in [0.2, 0.25) is 0 Å². The number of aliphatic imine (C=N–C) groups is 1. The molecule has 0 aliphatic carbocycles. The Morgan fingerprint density at radius 2 is 2.15 bits per heavy atom. The highest BCUT2D eigenvalue weighted by molar-refractivity contribution is 14.0. The van der Waals surface area contributed by atoms with Gasteiger partial charge in [0.1, 0.15) is 5.82 Å². The lowest BCUT2D eigenvalue weighted by molar-refractivity contribution is 0.185. The fraction of sp³-hybridized carbons (Fsp3) is 0.235. The SMILES string of the molecule is COCc1ccccc1NC(N)=NCCc1nc(-c2ccco2)n[nH]1.I. The number of anilines is 1. The number of aromatic amines is 1. The molecule has 0 saturated carbocycles. The maximum absolute atomic E-state index is 5.95. The summed E-state index contributed by atoms with van der Waals surface area (Å²) in [6, 6.07) is 11.4. The highest BCUT2D eigenvalue weighted by Crippen LogP contribution is 2.16. The minimum absolute atomic E-state index is 0. The summed E-state index contributed by atoms with van der Waals surface area (Å²) in [4.78, 5) is 8.68. The standard InChI is InChI=1S/C17H20N6O2.HI/c1-24-11-12-5-2-3-6-13(12)20-17(18)19-9-8-15-21-16(23-22-15)14-7-4-10-25-14;/h2-7,10H,8-9,11H2,1H3,(H3,18,19,20)(H,21,22,23);1H. The monoisotopic (exact) mass is 468 g/mol. The summed E-state index contributed by atoms with van der Waals surface area (Å²) in [6.45, 7) is 0.988. The van der Waals surface area contributed by atoms with E-state index in [0.717, 1.165) is 17.1 Å². The van der Waals surface area contributed by atoms with Crippen LogP contribution in [0.5, 0.6) is 0 Å². The maximum Gasteiger partial charge on any atom is 0.216 e. The number of aromatic nitrogens is 3. The number of para-hydroxylation sites is 1. The highest BCUT2D eigenvalue weighted by Gasteiger charge is 2.08. The minimum Gasteiger partial charge on any atom is -0.461 e. The molecule has 0 unspecified atom stereocenters. The Morgan fingerprint density at radius 3 is 2.92 bits per heavy atom. The van der Waals surface area contributed by atoms with Crippen molar-refractivity contribution in [1.29, 1.82) is 0 Å². The van der Waals surface area contributed by atoms with Crippen molar-refractivity contribution in [2.45, 2.75) is 13.0 Å². The van der Waals surface area contributed by atoms with Crippen molar-refractivity contribution >= 4 is 35.6 Å². The first-order valence-corrected chi connectivity index (χ1v) is 7.85. The molecular weight excluding hydrogens is 447 g/mol. The average molecular weight is 468 g/mol. The smallest absolute Gasteiger partial charge is 0.216 e. The Kier molecular flexibility index (Phi) is 7.60. The lowest BCUT2D eigenvalue weighted by Crippen LogP contribution is -2.24. The second-order valence-corrected chi connectivity index (χ2v) is 5.32. The fourth-order valence-corrected chi connectivity index (χ4v) is 2.31. The summed E-state index contributed by atoms with van der Waals surface area (Å²) in [5.41, 5.74) is 7.85. The lowest BCUT2D eigenvalue weighted by Gasteiger charge is -2.10. The van der Waals surface area contributed by atoms with E-state index in [1.54, 1.807) is 19.4 Å². The molecule has 0 aliphatic rings. The number of nitrogens with zero attached hydrogens (tertiary/aromatic N) is 3. The topological polar surface area (TPSA) is 114 Å². The molecule has 0 bridgehead atoms. The molecule has 0 radical (unpaired) electrons. The number of hydrogen-bond donors (Lipinski definition) is 3. The van der Waals surface area contributed by atoms with Crippen LogP contribution in [0.1, 0.15) is 11.4 Å². The van der Waals surface area contributed by atoms with Gasteiger partial charge in [-0.3, -0.25) is 10.1 Å². The number of nitrogens with one attached hydrogen (secondary N) is 2. The number of ether oxygens (including phenoxy) is 1. The molecule has 0 spiro atoms. The fourth-order valence-electron chi connectivity index (χ4n) is 2.31. The summed E-state index contributed by atoms with van der Waals surface area (Å²) in [7, 11) is 1.66. The number of guanidine groups is 1. The summed E-state index contributed by atoms with van der Waals surface area (Å²) < 4.78 is 10.4. The van der Waals surface area contributed by atoms with Gasteiger partial charge in [-0.05, 0) is 18.2 Å². The van der Waals surface area contributed by atoms with Gasteiger partial charge < -0.3 is 20.2 Å². The van der Waals surface area contributed by atoms with Crippen LogP contribution >= 0.6 is 24.0 Å². The van der Waals surface area contributed by atoms with Crippen molar-refractivity contribution in [2.24, 2.45) is 10.7 Å². The van der Waals surface area contributed by atoms with E-state index in [4.69, 9.17) is 14.9 Å². The van der Waals surface area contributed by atoms with Gasteiger partial charge >= 0.3 is 0 Å². The molecule has 0 atom stereocenters. The molecule has 0 amide bonds. The van der Waals surface area contributed by atoms with Crippen LogP contribution < -0.4 is 11.1 Å². The summed E-state index contributed by atoms with van der Waals surface area (Å²) in [6.07, 6.45) is 2.18. The van der Waals surface area contributed by atoms with Gasteiger partial charge in [-0.15, -0.1) is 24.0 Å². The van der Waals surface area contributed by atoms with Crippen molar-refractivity contribution in [3.05, 3.63) is 54.0 Å². The number of rotatable bonds is 7. The van der Waals surface area contributed by atoms with E-state index in [9.17, 15) is 0 Å². The van der Waals surface area contributed by atoms with Gasteiger partial charge in [0.25, 0.3) is 0 Å². The minimum atomic E-state index is 0. The Balaban J connectivity index is 0.00000243. The normalized spacial score (nSPS) is 11.2. The maximum atomic E-state index is 5.95. The van der Waals surface area contributed by atoms with Crippen LogP contribution in [0.3, 0.4) is 0 Å². The van der Waals surface area contributed by atoms with Crippen molar-refractivity contribution in [2.75, 3.05) is 19.0 Å². The number of nitrogens with two attached hydrogens (primary N) is 1. The summed E-state index contributed by atoms with van der Waals surface area (Å²) >= 11 is 0. The third-order valence-corrected chi connectivity index (χ3v) is 3.48. The number of halogens is 1. The zero-order chi connectivity index (χ0) is 17.5. The van der Waals surface area contributed by atoms with Crippen LogP contribution in [-0.2, 0) is 17.8 Å². The van der Waals surface area contributed by atoms with E-state index in [1.165, 1.54) is 0 Å². The number of H-pyrrole nitrogens is 1. The van der Waals surface area contributed by atoms with Crippen molar-refractivity contribution in [3.63, 3.8) is 0 Å². The lowest BCUT2D eigenvalue weighted by atomic mass is 10.2. The van der Waals surface area contributed by atoms with E-state index in [-0.39, 0.29) is 24.0 Å². The molecule has 0 fully saturated rings. The van der Waals surface area contributed by atoms with Gasteiger partial charge in [0.05, 0.1) is 12.9 Å². The third-order valence-electron chi connectivity index (χ3n) is 3.48. The molecule has 9 heteroatoms. The highest BCUT2D eigenvalue weighted by atomic mass is 127. The van der Waals surface area contributed by atoms with Gasteiger partial charge in [0, 0.05) is 31.3 Å². The van der Waals surface area contributed by atoms with E-state index < -0.39 is 0 Å². The zero-order valence-corrected chi connectivity index (χ0v) is 16.6. The molecule has 1 aromatic carbocycles. The molecule has 138 valence electrons. The number of benzene rings is 1. The van der Waals surface area contributed by atoms with Gasteiger partial charge in [-0.25, -0.2) is 4.98 Å². The van der Waals surface area contributed by atoms with Gasteiger partial charge in [0.15, 0.2) is 11.7 Å². The first kappa shape index (κ1) is 19.9. The number of methoxy groups -OCH3 is 1. The Morgan fingerprint density at radius 1 is 1.31 bits per heavy atom. The van der Waals surface area contributed by atoms with Crippen molar-refractivity contribution in [3.8, 4) is 11.6 Å². The number of furan rings is 1. The van der Waals surface area contributed by atoms with Crippen LogP contribution in [0.15, 0.2) is 52.1 Å². The Bertz CT molecular complexity index is 831.